The summed E-state index contributed by atoms with van der Waals surface area (Å²) in [5.74, 6) is 0. The summed E-state index contributed by atoms with van der Waals surface area (Å²) in [5, 5.41) is 6.49. The second kappa shape index (κ2) is 4.49. The standard InChI is InChI=1S/C10H21BN2/c1-7-9(11)12-13(8(2)3)10(4,5)6/h2,7,11H2,1,3-6H3/b12-9+. The molecule has 0 N–H and O–H groups in total. The minimum atomic E-state index is 0.0161. The van der Waals surface area contributed by atoms with Gasteiger partial charge in [0.05, 0.1) is 5.54 Å². The van der Waals surface area contributed by atoms with Crippen LogP contribution in [0.25, 0.3) is 0 Å². The van der Waals surface area contributed by atoms with E-state index in [0.29, 0.717) is 0 Å². The summed E-state index contributed by atoms with van der Waals surface area (Å²) >= 11 is 0. The van der Waals surface area contributed by atoms with Crippen LogP contribution in [0, 0.1) is 0 Å². The zero-order valence-electron chi connectivity index (χ0n) is 9.81. The van der Waals surface area contributed by atoms with Gasteiger partial charge in [-0.15, -0.1) is 0 Å². The number of rotatable bonds is 3. The van der Waals surface area contributed by atoms with Gasteiger partial charge in [0.15, 0.2) is 7.85 Å². The van der Waals surface area contributed by atoms with Gasteiger partial charge < -0.3 is 0 Å². The van der Waals surface area contributed by atoms with Crippen LogP contribution in [0.15, 0.2) is 17.4 Å². The van der Waals surface area contributed by atoms with E-state index in [-0.39, 0.29) is 5.54 Å². The van der Waals surface area contributed by atoms with Crippen LogP contribution in [0.3, 0.4) is 0 Å². The van der Waals surface area contributed by atoms with Crippen LogP contribution < -0.4 is 0 Å². The molecule has 0 spiro atoms. The van der Waals surface area contributed by atoms with Crippen molar-refractivity contribution < 1.29 is 0 Å². The van der Waals surface area contributed by atoms with Crippen molar-refractivity contribution in [2.24, 2.45) is 5.10 Å². The average Bonchev–Trinajstić information content (AvgIpc) is 1.96. The smallest absolute Gasteiger partial charge is 0.160 e. The molecule has 74 valence electrons. The van der Waals surface area contributed by atoms with Gasteiger partial charge >= 0.3 is 0 Å². The molecule has 0 aromatic rings. The maximum Gasteiger partial charge on any atom is 0.160 e. The highest BCUT2D eigenvalue weighted by atomic mass is 15.5. The highest BCUT2D eigenvalue weighted by Crippen LogP contribution is 2.18. The van der Waals surface area contributed by atoms with Crippen LogP contribution in [0.4, 0.5) is 0 Å². The molecule has 0 aromatic carbocycles. The molecule has 0 fully saturated rings. The van der Waals surface area contributed by atoms with Gasteiger partial charge in [-0.2, -0.15) is 5.10 Å². The van der Waals surface area contributed by atoms with Gasteiger partial charge in [0.1, 0.15) is 0 Å². The molecule has 0 aliphatic carbocycles. The van der Waals surface area contributed by atoms with Gasteiger partial charge in [0, 0.05) is 5.70 Å². The predicted molar refractivity (Wildman–Crippen MR) is 62.7 cm³/mol. The largest absolute Gasteiger partial charge is 0.266 e. The highest BCUT2D eigenvalue weighted by Gasteiger charge is 2.19. The van der Waals surface area contributed by atoms with Gasteiger partial charge in [-0.3, -0.25) is 5.01 Å². The van der Waals surface area contributed by atoms with Crippen LogP contribution >= 0.6 is 0 Å². The van der Waals surface area contributed by atoms with Crippen molar-refractivity contribution in [1.29, 1.82) is 0 Å². The summed E-state index contributed by atoms with van der Waals surface area (Å²) in [6.45, 7) is 14.4. The number of allylic oxidation sites excluding steroid dienone is 1. The highest BCUT2D eigenvalue weighted by molar-refractivity contribution is 6.59. The lowest BCUT2D eigenvalue weighted by atomic mass is 9.99. The lowest BCUT2D eigenvalue weighted by Crippen LogP contribution is -2.36. The molecule has 0 aliphatic heterocycles. The van der Waals surface area contributed by atoms with E-state index >= 15 is 0 Å². The van der Waals surface area contributed by atoms with Crippen molar-refractivity contribution in [2.75, 3.05) is 0 Å². The van der Waals surface area contributed by atoms with Gasteiger partial charge in [-0.05, 0) is 39.7 Å². The van der Waals surface area contributed by atoms with E-state index in [4.69, 9.17) is 0 Å². The molecule has 0 aromatic heterocycles. The number of nitrogens with zero attached hydrogens (tertiary/aromatic N) is 2. The second-order valence-corrected chi connectivity index (χ2v) is 4.41. The first-order valence-corrected chi connectivity index (χ1v) is 4.79. The molecule has 0 rings (SSSR count). The molecular formula is C10H21BN2. The van der Waals surface area contributed by atoms with Crippen molar-refractivity contribution >= 4 is 13.5 Å². The van der Waals surface area contributed by atoms with E-state index in [1.165, 1.54) is 0 Å². The summed E-state index contributed by atoms with van der Waals surface area (Å²) in [4.78, 5) is 0. The van der Waals surface area contributed by atoms with Crippen molar-refractivity contribution in [3.05, 3.63) is 12.3 Å². The molecule has 13 heavy (non-hydrogen) atoms. The van der Waals surface area contributed by atoms with E-state index in [1.54, 1.807) is 0 Å². The van der Waals surface area contributed by atoms with Gasteiger partial charge in [0.25, 0.3) is 0 Å². The summed E-state index contributed by atoms with van der Waals surface area (Å²) in [7, 11) is 2.04. The maximum atomic E-state index is 4.52. The normalized spacial score (nSPS) is 12.8. The topological polar surface area (TPSA) is 15.6 Å². The van der Waals surface area contributed by atoms with Gasteiger partial charge in [0.2, 0.25) is 0 Å². The van der Waals surface area contributed by atoms with Crippen molar-refractivity contribution in [2.45, 2.75) is 46.6 Å². The Morgan fingerprint density at radius 3 is 2.15 bits per heavy atom. The van der Waals surface area contributed by atoms with E-state index in [1.807, 2.05) is 19.8 Å². The lowest BCUT2D eigenvalue weighted by Gasteiger charge is -2.33. The quantitative estimate of drug-likeness (QED) is 0.368. The summed E-state index contributed by atoms with van der Waals surface area (Å²) in [6, 6.07) is 0. The van der Waals surface area contributed by atoms with Gasteiger partial charge in [-0.25, -0.2) is 0 Å². The molecular weight excluding hydrogens is 159 g/mol. The minimum Gasteiger partial charge on any atom is -0.266 e. The number of hydrazone groups is 1. The molecule has 0 saturated carbocycles. The maximum absolute atomic E-state index is 4.52. The molecule has 2 nitrogen and oxygen atoms in total. The third kappa shape index (κ3) is 4.16. The third-order valence-electron chi connectivity index (χ3n) is 1.78. The zero-order chi connectivity index (χ0) is 10.6. The van der Waals surface area contributed by atoms with E-state index in [2.05, 4.69) is 39.4 Å². The Bertz CT molecular complexity index is 213. The van der Waals surface area contributed by atoms with Crippen molar-refractivity contribution in [3.63, 3.8) is 0 Å². The van der Waals surface area contributed by atoms with E-state index < -0.39 is 0 Å². The lowest BCUT2D eigenvalue weighted by molar-refractivity contribution is 0.195. The Balaban J connectivity index is 4.75. The average molecular weight is 180 g/mol. The SMILES string of the molecule is B/C(CC)=N/N(C(=C)C)C(C)(C)C. The molecule has 0 radical (unpaired) electrons. The van der Waals surface area contributed by atoms with Crippen LogP contribution in [0.5, 0.6) is 0 Å². The Kier molecular flexibility index (Phi) is 4.24. The minimum absolute atomic E-state index is 0.0161. The van der Waals surface area contributed by atoms with E-state index in [9.17, 15) is 0 Å². The first-order chi connectivity index (χ1) is 5.79. The number of hydrogen-bond acceptors (Lipinski definition) is 2. The van der Waals surface area contributed by atoms with Crippen LogP contribution in [-0.4, -0.2) is 24.0 Å². The Morgan fingerprint density at radius 1 is 1.46 bits per heavy atom. The molecule has 0 heterocycles. The predicted octanol–water partition coefficient (Wildman–Crippen LogP) is 1.98. The molecule has 3 heteroatoms. The van der Waals surface area contributed by atoms with Crippen molar-refractivity contribution in [3.8, 4) is 0 Å². The molecule has 0 saturated heterocycles. The summed E-state index contributed by atoms with van der Waals surface area (Å²) in [6.07, 6.45) is 0.986. The van der Waals surface area contributed by atoms with Crippen LogP contribution in [-0.2, 0) is 0 Å². The Morgan fingerprint density at radius 2 is 1.92 bits per heavy atom. The van der Waals surface area contributed by atoms with E-state index in [0.717, 1.165) is 17.7 Å². The van der Waals surface area contributed by atoms with Crippen LogP contribution in [0.2, 0.25) is 0 Å². The molecule has 0 bridgehead atoms. The summed E-state index contributed by atoms with van der Waals surface area (Å²) in [5.41, 5.74) is 2.14. The first kappa shape index (κ1) is 12.3. The monoisotopic (exact) mass is 180 g/mol. The zero-order valence-corrected chi connectivity index (χ0v) is 9.81. The van der Waals surface area contributed by atoms with Gasteiger partial charge in [-0.1, -0.05) is 13.5 Å². The Hall–Kier alpha value is -0.725. The first-order valence-electron chi connectivity index (χ1n) is 4.79. The fourth-order valence-electron chi connectivity index (χ4n) is 1.05. The molecule has 0 unspecified atom stereocenters. The number of hydrogen-bond donors (Lipinski definition) is 0. The third-order valence-corrected chi connectivity index (χ3v) is 1.78. The molecule has 0 aliphatic rings. The molecule has 0 amide bonds. The summed E-state index contributed by atoms with van der Waals surface area (Å²) < 4.78 is 0. The molecule has 0 atom stereocenters. The van der Waals surface area contributed by atoms with Crippen molar-refractivity contribution in [1.82, 2.24) is 5.01 Å². The Labute approximate surface area is 83.1 Å². The van der Waals surface area contributed by atoms with Crippen LogP contribution in [0.1, 0.15) is 41.0 Å². The fraction of sp³-hybridized carbons (Fsp3) is 0.700. The second-order valence-electron chi connectivity index (χ2n) is 4.41. The fourth-order valence-corrected chi connectivity index (χ4v) is 1.05.